The van der Waals surface area contributed by atoms with Crippen molar-refractivity contribution in [3.63, 3.8) is 0 Å². The summed E-state index contributed by atoms with van der Waals surface area (Å²) in [6, 6.07) is 9.23. The van der Waals surface area contributed by atoms with Gasteiger partial charge in [-0.3, -0.25) is 0 Å². The molecule has 2 heteroatoms. The molecule has 96 valence electrons. The lowest BCUT2D eigenvalue weighted by Crippen LogP contribution is -2.29. The average molecular weight is 242 g/mol. The van der Waals surface area contributed by atoms with E-state index >= 15 is 0 Å². The highest BCUT2D eigenvalue weighted by Gasteiger charge is 2.22. The first-order valence-electron chi connectivity index (χ1n) is 7.23. The molecule has 2 N–H and O–H groups in total. The Labute approximate surface area is 109 Å². The summed E-state index contributed by atoms with van der Waals surface area (Å²) in [5, 5.41) is 5.09. The van der Waals surface area contributed by atoms with Gasteiger partial charge in [-0.2, -0.15) is 0 Å². The predicted molar refractivity (Wildman–Crippen MR) is 76.9 cm³/mol. The fraction of sp³-hybridized carbons (Fsp3) is 0.500. The molecular weight excluding hydrogens is 220 g/mol. The van der Waals surface area contributed by atoms with Gasteiger partial charge in [-0.05, 0) is 31.0 Å². The maximum Gasteiger partial charge on any atom is 0.0476 e. The molecular formula is C16H22N2. The van der Waals surface area contributed by atoms with Crippen LogP contribution in [0, 0.1) is 0 Å². The van der Waals surface area contributed by atoms with Crippen molar-refractivity contribution < 1.29 is 0 Å². The molecule has 0 spiro atoms. The third kappa shape index (κ3) is 2.05. The molecule has 0 saturated heterocycles. The van der Waals surface area contributed by atoms with E-state index in [9.17, 15) is 0 Å². The summed E-state index contributed by atoms with van der Waals surface area (Å²) in [4.78, 5) is 3.63. The maximum atomic E-state index is 3.66. The predicted octanol–water partition coefficient (Wildman–Crippen LogP) is 3.94. The van der Waals surface area contributed by atoms with Crippen molar-refractivity contribution >= 4 is 10.9 Å². The van der Waals surface area contributed by atoms with Gasteiger partial charge in [0.05, 0.1) is 0 Å². The molecule has 1 atom stereocenters. The Hall–Kier alpha value is -1.28. The second-order valence-electron chi connectivity index (χ2n) is 5.32. The van der Waals surface area contributed by atoms with E-state index in [1.54, 1.807) is 5.56 Å². The molecule has 1 unspecified atom stereocenters. The van der Waals surface area contributed by atoms with E-state index in [1.165, 1.54) is 42.3 Å². The van der Waals surface area contributed by atoms with Crippen LogP contribution in [0.15, 0.2) is 24.3 Å². The van der Waals surface area contributed by atoms with Gasteiger partial charge < -0.3 is 10.3 Å². The van der Waals surface area contributed by atoms with Crippen molar-refractivity contribution in [2.45, 2.75) is 45.1 Å². The lowest BCUT2D eigenvalue weighted by Gasteiger charge is -2.24. The molecule has 1 aromatic heterocycles. The standard InChI is InChI=1S/C16H22N2/c1-2-3-4-9-15-16-13(10-11-17-15)12-7-5-6-8-14(12)18-16/h5-8,15,17-18H,2-4,9-11H2,1H3. The van der Waals surface area contributed by atoms with Crippen LogP contribution in [0.5, 0.6) is 0 Å². The lowest BCUT2D eigenvalue weighted by atomic mass is 9.96. The summed E-state index contributed by atoms with van der Waals surface area (Å²) in [7, 11) is 0. The minimum Gasteiger partial charge on any atom is -0.357 e. The third-order valence-electron chi connectivity index (χ3n) is 4.06. The number of nitrogens with one attached hydrogen (secondary N) is 2. The van der Waals surface area contributed by atoms with Gasteiger partial charge in [0, 0.05) is 22.6 Å². The molecule has 1 aromatic carbocycles. The van der Waals surface area contributed by atoms with E-state index in [2.05, 4.69) is 41.5 Å². The first kappa shape index (κ1) is 11.8. The Morgan fingerprint density at radius 2 is 2.11 bits per heavy atom. The summed E-state index contributed by atoms with van der Waals surface area (Å²) in [5.41, 5.74) is 4.29. The molecule has 3 rings (SSSR count). The van der Waals surface area contributed by atoms with Crippen LogP contribution in [0.4, 0.5) is 0 Å². The number of H-pyrrole nitrogens is 1. The largest absolute Gasteiger partial charge is 0.357 e. The van der Waals surface area contributed by atoms with Crippen molar-refractivity contribution in [2.75, 3.05) is 6.54 Å². The van der Waals surface area contributed by atoms with Crippen LogP contribution < -0.4 is 5.32 Å². The van der Waals surface area contributed by atoms with Gasteiger partial charge in [-0.15, -0.1) is 0 Å². The number of rotatable bonds is 4. The fourth-order valence-electron chi connectivity index (χ4n) is 3.11. The second-order valence-corrected chi connectivity index (χ2v) is 5.32. The molecule has 0 fully saturated rings. The van der Waals surface area contributed by atoms with E-state index in [0.717, 1.165) is 13.0 Å². The molecule has 0 saturated carbocycles. The number of fused-ring (bicyclic) bond motifs is 3. The van der Waals surface area contributed by atoms with E-state index in [1.807, 2.05) is 0 Å². The molecule has 1 aliphatic heterocycles. The number of aromatic amines is 1. The molecule has 0 aliphatic carbocycles. The molecule has 0 radical (unpaired) electrons. The number of hydrogen-bond donors (Lipinski definition) is 2. The molecule has 0 bridgehead atoms. The highest BCUT2D eigenvalue weighted by atomic mass is 15.0. The topological polar surface area (TPSA) is 27.8 Å². The van der Waals surface area contributed by atoms with Gasteiger partial charge in [0.25, 0.3) is 0 Å². The summed E-state index contributed by atoms with van der Waals surface area (Å²) in [5.74, 6) is 0. The fourth-order valence-corrected chi connectivity index (χ4v) is 3.11. The Bertz CT molecular complexity index is 527. The van der Waals surface area contributed by atoms with Crippen molar-refractivity contribution in [1.29, 1.82) is 0 Å². The zero-order chi connectivity index (χ0) is 12.4. The van der Waals surface area contributed by atoms with Gasteiger partial charge in [-0.1, -0.05) is 44.4 Å². The number of benzene rings is 1. The highest BCUT2D eigenvalue weighted by molar-refractivity contribution is 5.85. The SMILES string of the molecule is CCCCCC1NCCc2c1[nH]c1ccccc21. The molecule has 1 aliphatic rings. The van der Waals surface area contributed by atoms with Crippen LogP contribution in [0.3, 0.4) is 0 Å². The van der Waals surface area contributed by atoms with Crippen LogP contribution in [0.1, 0.15) is 49.9 Å². The minimum absolute atomic E-state index is 0.535. The zero-order valence-corrected chi connectivity index (χ0v) is 11.1. The van der Waals surface area contributed by atoms with Crippen LogP contribution in [-0.2, 0) is 6.42 Å². The molecule has 0 amide bonds. The van der Waals surface area contributed by atoms with Gasteiger partial charge >= 0.3 is 0 Å². The number of aromatic nitrogens is 1. The number of hydrogen-bond acceptors (Lipinski definition) is 1. The molecule has 2 heterocycles. The first-order chi connectivity index (χ1) is 8.90. The van der Waals surface area contributed by atoms with Gasteiger partial charge in [0.1, 0.15) is 0 Å². The second kappa shape index (κ2) is 5.15. The molecule has 18 heavy (non-hydrogen) atoms. The zero-order valence-electron chi connectivity index (χ0n) is 11.1. The van der Waals surface area contributed by atoms with E-state index in [4.69, 9.17) is 0 Å². The summed E-state index contributed by atoms with van der Waals surface area (Å²) in [6.45, 7) is 3.38. The number of para-hydroxylation sites is 1. The smallest absolute Gasteiger partial charge is 0.0476 e. The lowest BCUT2D eigenvalue weighted by molar-refractivity contribution is 0.448. The monoisotopic (exact) mass is 242 g/mol. The Kier molecular flexibility index (Phi) is 3.37. The molecule has 2 aromatic rings. The Morgan fingerprint density at radius 3 is 3.00 bits per heavy atom. The molecule has 2 nitrogen and oxygen atoms in total. The van der Waals surface area contributed by atoms with Crippen molar-refractivity contribution in [1.82, 2.24) is 10.3 Å². The van der Waals surface area contributed by atoms with E-state index < -0.39 is 0 Å². The van der Waals surface area contributed by atoms with Gasteiger partial charge in [0.15, 0.2) is 0 Å². The van der Waals surface area contributed by atoms with Crippen molar-refractivity contribution in [2.24, 2.45) is 0 Å². The van der Waals surface area contributed by atoms with Crippen molar-refractivity contribution in [3.8, 4) is 0 Å². The normalized spacial score (nSPS) is 19.1. The summed E-state index contributed by atoms with van der Waals surface area (Å²) < 4.78 is 0. The number of unbranched alkanes of at least 4 members (excludes halogenated alkanes) is 2. The van der Waals surface area contributed by atoms with Gasteiger partial charge in [0.2, 0.25) is 0 Å². The van der Waals surface area contributed by atoms with Crippen LogP contribution >= 0.6 is 0 Å². The first-order valence-corrected chi connectivity index (χ1v) is 7.23. The summed E-state index contributed by atoms with van der Waals surface area (Å²) in [6.07, 6.45) is 6.38. The highest BCUT2D eigenvalue weighted by Crippen LogP contribution is 2.32. The Morgan fingerprint density at radius 1 is 1.22 bits per heavy atom. The third-order valence-corrected chi connectivity index (χ3v) is 4.06. The van der Waals surface area contributed by atoms with Gasteiger partial charge in [-0.25, -0.2) is 0 Å². The van der Waals surface area contributed by atoms with E-state index in [-0.39, 0.29) is 0 Å². The summed E-state index contributed by atoms with van der Waals surface area (Å²) >= 11 is 0. The van der Waals surface area contributed by atoms with Crippen LogP contribution in [0.2, 0.25) is 0 Å². The minimum atomic E-state index is 0.535. The van der Waals surface area contributed by atoms with Crippen LogP contribution in [-0.4, -0.2) is 11.5 Å². The Balaban J connectivity index is 1.90. The van der Waals surface area contributed by atoms with E-state index in [0.29, 0.717) is 6.04 Å². The van der Waals surface area contributed by atoms with Crippen LogP contribution in [0.25, 0.3) is 10.9 Å². The average Bonchev–Trinajstić information content (AvgIpc) is 2.79. The van der Waals surface area contributed by atoms with Crippen molar-refractivity contribution in [3.05, 3.63) is 35.5 Å². The quantitative estimate of drug-likeness (QED) is 0.781. The maximum absolute atomic E-state index is 3.66.